The number of ether oxygens (including phenoxy) is 1. The van der Waals surface area contributed by atoms with Crippen LogP contribution in [0.5, 0.6) is 0 Å². The maximum atomic E-state index is 13.5. The summed E-state index contributed by atoms with van der Waals surface area (Å²) in [6, 6.07) is 4.58. The molecule has 36 heavy (non-hydrogen) atoms. The third kappa shape index (κ3) is 4.26. The molecule has 0 amide bonds. The summed E-state index contributed by atoms with van der Waals surface area (Å²) < 4.78 is 20.4. The third-order valence-corrected chi connectivity index (χ3v) is 7.46. The van der Waals surface area contributed by atoms with Gasteiger partial charge in [0.05, 0.1) is 24.0 Å². The maximum Gasteiger partial charge on any atom is 0.312 e. The van der Waals surface area contributed by atoms with Crippen LogP contribution >= 0.6 is 11.6 Å². The van der Waals surface area contributed by atoms with Crippen LogP contribution < -0.4 is 0 Å². The molecule has 0 spiro atoms. The summed E-state index contributed by atoms with van der Waals surface area (Å²) in [4.78, 5) is 33.6. The molecule has 3 aliphatic carbocycles. The molecule has 0 radical (unpaired) electrons. The summed E-state index contributed by atoms with van der Waals surface area (Å²) in [5.74, 6) is 1.74. The molecule has 3 fully saturated rings. The van der Waals surface area contributed by atoms with Crippen molar-refractivity contribution < 1.29 is 18.7 Å². The van der Waals surface area contributed by atoms with Crippen molar-refractivity contribution in [1.29, 1.82) is 0 Å². The van der Waals surface area contributed by atoms with E-state index >= 15 is 0 Å². The molecule has 10 heteroatoms. The van der Waals surface area contributed by atoms with Crippen molar-refractivity contribution in [1.82, 2.24) is 25.0 Å². The molecule has 3 aromatic heterocycles. The highest BCUT2D eigenvalue weighted by Gasteiger charge is 2.67. The van der Waals surface area contributed by atoms with Crippen LogP contribution in [0.3, 0.4) is 0 Å². The van der Waals surface area contributed by atoms with Crippen molar-refractivity contribution in [2.45, 2.75) is 45.1 Å². The molecular weight excluding hydrogens is 485 g/mol. The Morgan fingerprint density at radius 2 is 2.03 bits per heavy atom. The summed E-state index contributed by atoms with van der Waals surface area (Å²) in [5, 5.41) is 8.21. The van der Waals surface area contributed by atoms with Gasteiger partial charge in [0, 0.05) is 36.2 Å². The lowest BCUT2D eigenvalue weighted by Crippen LogP contribution is -2.61. The Hall–Kier alpha value is -3.64. The van der Waals surface area contributed by atoms with Crippen molar-refractivity contribution in [2.75, 3.05) is 0 Å². The zero-order valence-corrected chi connectivity index (χ0v) is 20.5. The Labute approximate surface area is 212 Å². The first kappa shape index (κ1) is 24.1. The second-order valence-electron chi connectivity index (χ2n) is 9.84. The number of hydrogen-bond donors (Lipinski definition) is 0. The number of rotatable bonds is 8. The van der Waals surface area contributed by atoms with Gasteiger partial charge < -0.3 is 4.74 Å². The third-order valence-electron chi connectivity index (χ3n) is 7.14. The molecule has 0 N–H and O–H groups in total. The Balaban J connectivity index is 1.25. The van der Waals surface area contributed by atoms with Crippen LogP contribution in [0.1, 0.15) is 60.3 Å². The van der Waals surface area contributed by atoms with Gasteiger partial charge in [-0.05, 0) is 49.8 Å². The molecule has 6 rings (SSSR count). The van der Waals surface area contributed by atoms with Crippen molar-refractivity contribution in [3.63, 3.8) is 0 Å². The second-order valence-corrected chi connectivity index (χ2v) is 10.2. The molecule has 3 aliphatic rings. The Morgan fingerprint density at radius 3 is 2.69 bits per heavy atom. The largest absolute Gasteiger partial charge is 0.457 e. The topological polar surface area (TPSA) is 99.9 Å². The second kappa shape index (κ2) is 8.79. The van der Waals surface area contributed by atoms with Crippen molar-refractivity contribution in [2.24, 2.45) is 17.9 Å². The van der Waals surface area contributed by atoms with Crippen LogP contribution in [-0.4, -0.2) is 36.7 Å². The first-order chi connectivity index (χ1) is 17.1. The molecule has 2 bridgehead atoms. The van der Waals surface area contributed by atoms with Gasteiger partial charge in [-0.25, -0.2) is 9.37 Å². The molecule has 1 atom stereocenters. The van der Waals surface area contributed by atoms with Gasteiger partial charge in [-0.2, -0.15) is 0 Å². The van der Waals surface area contributed by atoms with Gasteiger partial charge in [-0.1, -0.05) is 22.7 Å². The minimum atomic E-state index is -0.808. The molecule has 3 heterocycles. The highest BCUT2D eigenvalue weighted by atomic mass is 35.5. The van der Waals surface area contributed by atoms with Crippen LogP contribution in [0, 0.1) is 29.0 Å². The molecule has 3 aromatic rings. The minimum absolute atomic E-state index is 0.0319. The van der Waals surface area contributed by atoms with Crippen molar-refractivity contribution in [3.8, 4) is 23.7 Å². The van der Waals surface area contributed by atoms with E-state index in [4.69, 9.17) is 22.8 Å². The lowest BCUT2D eigenvalue weighted by atomic mass is 9.34. The van der Waals surface area contributed by atoms with Crippen LogP contribution in [-0.2, 0) is 23.0 Å². The number of terminal acetylenes is 1. The van der Waals surface area contributed by atoms with Crippen LogP contribution in [0.4, 0.5) is 4.39 Å². The molecule has 0 saturated heterocycles. The number of hydrogen-bond acceptors (Lipinski definition) is 7. The maximum absolute atomic E-state index is 13.5. The SMILES string of the molecule is C#CC12CC(CC(=O)c3ccc(-c4nnn(C)c4CC(=O)O[C@H](C)c4cc(F)cnc4Cl)nc3)(C1)C2. The first-order valence-corrected chi connectivity index (χ1v) is 11.9. The molecule has 3 saturated carbocycles. The number of pyridine rings is 2. The predicted octanol–water partition coefficient (Wildman–Crippen LogP) is 4.29. The van der Waals surface area contributed by atoms with Gasteiger partial charge in [0.2, 0.25) is 0 Å². The number of nitrogens with zero attached hydrogens (tertiary/aromatic N) is 5. The van der Waals surface area contributed by atoms with E-state index in [1.165, 1.54) is 16.9 Å². The van der Waals surface area contributed by atoms with Gasteiger partial charge in [0.25, 0.3) is 0 Å². The van der Waals surface area contributed by atoms with E-state index in [9.17, 15) is 14.0 Å². The summed E-state index contributed by atoms with van der Waals surface area (Å²) in [6.45, 7) is 1.58. The zero-order valence-electron chi connectivity index (χ0n) is 19.8. The average molecular weight is 508 g/mol. The smallest absolute Gasteiger partial charge is 0.312 e. The number of aryl methyl sites for hydroxylation is 1. The van der Waals surface area contributed by atoms with E-state index in [1.54, 1.807) is 26.1 Å². The summed E-state index contributed by atoms with van der Waals surface area (Å²) in [7, 11) is 1.65. The summed E-state index contributed by atoms with van der Waals surface area (Å²) in [5.41, 5.74) is 2.25. The first-order valence-electron chi connectivity index (χ1n) is 11.5. The highest BCUT2D eigenvalue weighted by Crippen LogP contribution is 2.74. The van der Waals surface area contributed by atoms with E-state index in [-0.39, 0.29) is 33.8 Å². The molecule has 0 aromatic carbocycles. The zero-order chi connectivity index (χ0) is 25.7. The van der Waals surface area contributed by atoms with Gasteiger partial charge in [-0.15, -0.1) is 11.5 Å². The predicted molar refractivity (Wildman–Crippen MR) is 128 cm³/mol. The van der Waals surface area contributed by atoms with Gasteiger partial charge in [-0.3, -0.25) is 19.3 Å². The van der Waals surface area contributed by atoms with E-state index in [2.05, 4.69) is 26.2 Å². The van der Waals surface area contributed by atoms with Crippen LogP contribution in [0.15, 0.2) is 30.6 Å². The number of ketones is 1. The van der Waals surface area contributed by atoms with E-state index in [1.807, 2.05) is 0 Å². The highest BCUT2D eigenvalue weighted by molar-refractivity contribution is 6.30. The summed E-state index contributed by atoms with van der Waals surface area (Å²) in [6.07, 6.45) is 10.4. The Morgan fingerprint density at radius 1 is 1.28 bits per heavy atom. The fraction of sp³-hybridized carbons (Fsp3) is 0.385. The Bertz CT molecular complexity index is 1390. The number of carbonyl (C=O) groups excluding carboxylic acids is 2. The van der Waals surface area contributed by atoms with Crippen molar-refractivity contribution >= 4 is 23.4 Å². The number of Topliss-reactive ketones (excluding diaryl/α,β-unsaturated/α-hetero) is 1. The van der Waals surface area contributed by atoms with E-state index < -0.39 is 17.9 Å². The van der Waals surface area contributed by atoms with E-state index in [0.717, 1.165) is 25.5 Å². The Kier molecular flexibility index (Phi) is 5.87. The monoisotopic (exact) mass is 507 g/mol. The fourth-order valence-corrected chi connectivity index (χ4v) is 5.67. The number of esters is 1. The lowest BCUT2D eigenvalue weighted by molar-refractivity contribution is -0.158. The van der Waals surface area contributed by atoms with Gasteiger partial charge in [0.1, 0.15) is 22.8 Å². The average Bonchev–Trinajstić information content (AvgIpc) is 3.16. The van der Waals surface area contributed by atoms with Gasteiger partial charge >= 0.3 is 5.97 Å². The van der Waals surface area contributed by atoms with Gasteiger partial charge in [0.15, 0.2) is 5.78 Å². The normalized spacial score (nSPS) is 22.6. The molecule has 0 aliphatic heterocycles. The lowest BCUT2D eigenvalue weighted by Gasteiger charge is -2.68. The molecule has 8 nitrogen and oxygen atoms in total. The number of aromatic nitrogens is 5. The fourth-order valence-electron chi connectivity index (χ4n) is 5.42. The molecular formula is C26H23ClFN5O3. The summed E-state index contributed by atoms with van der Waals surface area (Å²) >= 11 is 6.01. The van der Waals surface area contributed by atoms with Crippen LogP contribution in [0.25, 0.3) is 11.4 Å². The molecule has 184 valence electrons. The number of carbonyl (C=O) groups is 2. The standard InChI is InChI=1S/C26H23ClFN5O3/c1-4-25-12-26(13-25,14-25)9-21(34)16-5-6-19(29-10-16)23-20(33(3)32-31-23)8-22(35)36-15(2)18-7-17(28)11-30-24(18)27/h1,5-7,10-11,15H,8-9,12-14H2,2-3H3/t15-,25?,26?/m1/s1. The van der Waals surface area contributed by atoms with Crippen molar-refractivity contribution in [3.05, 3.63) is 58.4 Å². The number of halogens is 2. The minimum Gasteiger partial charge on any atom is -0.457 e. The van der Waals surface area contributed by atoms with Crippen LogP contribution in [0.2, 0.25) is 5.15 Å². The quantitative estimate of drug-likeness (QED) is 0.194. The van der Waals surface area contributed by atoms with E-state index in [0.29, 0.717) is 29.1 Å². The molecule has 0 unspecified atom stereocenters.